The summed E-state index contributed by atoms with van der Waals surface area (Å²) in [6.45, 7) is 4.96. The summed E-state index contributed by atoms with van der Waals surface area (Å²) in [5, 5.41) is 13.6. The van der Waals surface area contributed by atoms with Crippen LogP contribution in [-0.2, 0) is 0 Å². The highest BCUT2D eigenvalue weighted by atomic mass is 16.4. The molecule has 1 unspecified atom stereocenters. The Balaban J connectivity index is 1.65. The molecule has 1 atom stereocenters. The van der Waals surface area contributed by atoms with Crippen molar-refractivity contribution in [1.82, 2.24) is 15.2 Å². The van der Waals surface area contributed by atoms with Gasteiger partial charge in [0.25, 0.3) is 0 Å². The van der Waals surface area contributed by atoms with E-state index < -0.39 is 11.9 Å². The summed E-state index contributed by atoms with van der Waals surface area (Å²) in [7, 11) is 0. The Bertz CT molecular complexity index is 628. The fraction of sp³-hybridized carbons (Fsp3) is 0.500. The SMILES string of the molecule is O=c1[nH]c2cc(C(O)CCN3CCNCC3)ccc2o1. The molecule has 2 heterocycles. The molecule has 2 aromatic rings. The minimum absolute atomic E-state index is 0.465. The normalized spacial score (nSPS) is 18.4. The summed E-state index contributed by atoms with van der Waals surface area (Å²) >= 11 is 0. The lowest BCUT2D eigenvalue weighted by molar-refractivity contribution is 0.137. The van der Waals surface area contributed by atoms with Crippen molar-refractivity contribution in [2.45, 2.75) is 12.5 Å². The van der Waals surface area contributed by atoms with Crippen LogP contribution in [0.25, 0.3) is 11.1 Å². The van der Waals surface area contributed by atoms with Crippen molar-refractivity contribution in [1.29, 1.82) is 0 Å². The number of piperazine rings is 1. The Morgan fingerprint density at radius 3 is 2.95 bits per heavy atom. The summed E-state index contributed by atoms with van der Waals surface area (Å²) < 4.78 is 4.95. The van der Waals surface area contributed by atoms with Gasteiger partial charge in [-0.1, -0.05) is 6.07 Å². The predicted molar refractivity (Wildman–Crippen MR) is 75.7 cm³/mol. The molecule has 108 valence electrons. The van der Waals surface area contributed by atoms with E-state index in [4.69, 9.17) is 4.42 Å². The zero-order valence-corrected chi connectivity index (χ0v) is 11.3. The second-order valence-corrected chi connectivity index (χ2v) is 5.17. The van der Waals surface area contributed by atoms with Crippen LogP contribution in [0.3, 0.4) is 0 Å². The average Bonchev–Trinajstić information content (AvgIpc) is 2.85. The molecule has 0 bridgehead atoms. The van der Waals surface area contributed by atoms with Gasteiger partial charge in [0.15, 0.2) is 5.58 Å². The molecule has 0 aliphatic carbocycles. The van der Waals surface area contributed by atoms with E-state index in [0.717, 1.165) is 38.3 Å². The van der Waals surface area contributed by atoms with Crippen LogP contribution in [0.5, 0.6) is 0 Å². The van der Waals surface area contributed by atoms with Crippen molar-refractivity contribution in [3.8, 4) is 0 Å². The number of rotatable bonds is 4. The van der Waals surface area contributed by atoms with Crippen LogP contribution in [0.1, 0.15) is 18.1 Å². The van der Waals surface area contributed by atoms with E-state index in [-0.39, 0.29) is 0 Å². The minimum atomic E-state index is -0.521. The number of aliphatic hydroxyl groups is 1. The van der Waals surface area contributed by atoms with Crippen molar-refractivity contribution in [2.75, 3.05) is 32.7 Å². The Morgan fingerprint density at radius 1 is 1.35 bits per heavy atom. The van der Waals surface area contributed by atoms with Crippen LogP contribution >= 0.6 is 0 Å². The second-order valence-electron chi connectivity index (χ2n) is 5.17. The standard InChI is InChI=1S/C14H19N3O3/c18-12(3-6-17-7-4-15-5-8-17)10-1-2-13-11(9-10)16-14(19)20-13/h1-2,9,12,15,18H,3-8H2,(H,16,19). The maximum atomic E-state index is 11.1. The fourth-order valence-corrected chi connectivity index (χ4v) is 2.58. The lowest BCUT2D eigenvalue weighted by Crippen LogP contribution is -2.44. The van der Waals surface area contributed by atoms with Gasteiger partial charge in [-0.25, -0.2) is 4.79 Å². The molecular formula is C14H19N3O3. The van der Waals surface area contributed by atoms with Gasteiger partial charge in [0.2, 0.25) is 0 Å². The van der Waals surface area contributed by atoms with E-state index in [1.54, 1.807) is 12.1 Å². The number of H-pyrrole nitrogens is 1. The maximum absolute atomic E-state index is 11.1. The summed E-state index contributed by atoms with van der Waals surface area (Å²) in [5.74, 6) is -0.465. The minimum Gasteiger partial charge on any atom is -0.408 e. The van der Waals surface area contributed by atoms with Gasteiger partial charge in [-0.15, -0.1) is 0 Å². The summed E-state index contributed by atoms with van der Waals surface area (Å²) in [6.07, 6.45) is 0.167. The Kier molecular flexibility index (Phi) is 3.86. The molecule has 1 fully saturated rings. The van der Waals surface area contributed by atoms with Crippen molar-refractivity contribution in [2.24, 2.45) is 0 Å². The summed E-state index contributed by atoms with van der Waals surface area (Å²) in [6, 6.07) is 5.31. The van der Waals surface area contributed by atoms with Crippen LogP contribution < -0.4 is 11.1 Å². The van der Waals surface area contributed by atoms with Gasteiger partial charge in [0.05, 0.1) is 11.6 Å². The summed E-state index contributed by atoms with van der Waals surface area (Å²) in [5.41, 5.74) is 1.96. The molecule has 0 spiro atoms. The largest absolute Gasteiger partial charge is 0.417 e. The molecule has 1 aliphatic rings. The first-order chi connectivity index (χ1) is 9.72. The van der Waals surface area contributed by atoms with Crippen LogP contribution in [-0.4, -0.2) is 47.7 Å². The molecular weight excluding hydrogens is 258 g/mol. The molecule has 20 heavy (non-hydrogen) atoms. The van der Waals surface area contributed by atoms with E-state index in [2.05, 4.69) is 15.2 Å². The van der Waals surface area contributed by atoms with Crippen LogP contribution in [0.2, 0.25) is 0 Å². The van der Waals surface area contributed by atoms with Crippen molar-refractivity contribution in [3.05, 3.63) is 34.3 Å². The predicted octanol–water partition coefficient (Wildman–Crippen LogP) is 0.450. The smallest absolute Gasteiger partial charge is 0.408 e. The van der Waals surface area contributed by atoms with Gasteiger partial charge in [-0.2, -0.15) is 0 Å². The first kappa shape index (κ1) is 13.4. The van der Waals surface area contributed by atoms with Crippen molar-refractivity contribution < 1.29 is 9.52 Å². The molecule has 3 N–H and O–H groups in total. The highest BCUT2D eigenvalue weighted by Crippen LogP contribution is 2.21. The van der Waals surface area contributed by atoms with Crippen LogP contribution in [0, 0.1) is 0 Å². The lowest BCUT2D eigenvalue weighted by Gasteiger charge is -2.27. The van der Waals surface area contributed by atoms with Crippen LogP contribution in [0.4, 0.5) is 0 Å². The molecule has 6 heteroatoms. The number of aliphatic hydroxyl groups excluding tert-OH is 1. The topological polar surface area (TPSA) is 81.5 Å². The van der Waals surface area contributed by atoms with Crippen molar-refractivity contribution in [3.63, 3.8) is 0 Å². The Hall–Kier alpha value is -1.63. The van der Waals surface area contributed by atoms with E-state index in [1.807, 2.05) is 6.07 Å². The number of aromatic amines is 1. The monoisotopic (exact) mass is 277 g/mol. The second kappa shape index (κ2) is 5.78. The number of hydrogen-bond donors (Lipinski definition) is 3. The maximum Gasteiger partial charge on any atom is 0.417 e. The average molecular weight is 277 g/mol. The van der Waals surface area contributed by atoms with Gasteiger partial charge in [0, 0.05) is 32.7 Å². The fourth-order valence-electron chi connectivity index (χ4n) is 2.58. The number of nitrogens with one attached hydrogen (secondary N) is 2. The third kappa shape index (κ3) is 2.92. The zero-order chi connectivity index (χ0) is 13.9. The van der Waals surface area contributed by atoms with Gasteiger partial charge >= 0.3 is 5.76 Å². The number of oxazole rings is 1. The number of fused-ring (bicyclic) bond motifs is 1. The van der Waals surface area contributed by atoms with Crippen molar-refractivity contribution >= 4 is 11.1 Å². The Morgan fingerprint density at radius 2 is 2.15 bits per heavy atom. The number of nitrogens with zero attached hydrogens (tertiary/aromatic N) is 1. The molecule has 1 aliphatic heterocycles. The van der Waals surface area contributed by atoms with Gasteiger partial charge in [0.1, 0.15) is 0 Å². The molecule has 3 rings (SSSR count). The van der Waals surface area contributed by atoms with E-state index in [9.17, 15) is 9.90 Å². The molecule has 0 radical (unpaired) electrons. The molecule has 1 aromatic carbocycles. The summed E-state index contributed by atoms with van der Waals surface area (Å²) in [4.78, 5) is 16.1. The molecule has 1 saturated heterocycles. The van der Waals surface area contributed by atoms with Gasteiger partial charge < -0.3 is 19.7 Å². The lowest BCUT2D eigenvalue weighted by atomic mass is 10.1. The molecule has 0 amide bonds. The first-order valence-corrected chi connectivity index (χ1v) is 6.96. The van der Waals surface area contributed by atoms with Gasteiger partial charge in [-0.05, 0) is 24.1 Å². The number of aromatic nitrogens is 1. The number of benzene rings is 1. The molecule has 1 aromatic heterocycles. The Labute approximate surface area is 116 Å². The quantitative estimate of drug-likeness (QED) is 0.756. The third-order valence-electron chi connectivity index (χ3n) is 3.76. The molecule has 6 nitrogen and oxygen atoms in total. The number of hydrogen-bond acceptors (Lipinski definition) is 5. The van der Waals surface area contributed by atoms with E-state index in [0.29, 0.717) is 17.5 Å². The highest BCUT2D eigenvalue weighted by Gasteiger charge is 2.14. The molecule has 0 saturated carbocycles. The van der Waals surface area contributed by atoms with Gasteiger partial charge in [-0.3, -0.25) is 4.98 Å². The van der Waals surface area contributed by atoms with Crippen LogP contribution in [0.15, 0.2) is 27.4 Å². The third-order valence-corrected chi connectivity index (χ3v) is 3.76. The first-order valence-electron chi connectivity index (χ1n) is 6.96. The zero-order valence-electron chi connectivity index (χ0n) is 11.3. The van der Waals surface area contributed by atoms with E-state index >= 15 is 0 Å². The van der Waals surface area contributed by atoms with E-state index in [1.165, 1.54) is 0 Å². The highest BCUT2D eigenvalue weighted by molar-refractivity contribution is 5.72.